The molecule has 2 aromatic rings. The average Bonchev–Trinajstić information content (AvgIpc) is 2.37. The van der Waals surface area contributed by atoms with Crippen LogP contribution in [0.4, 0.5) is 0 Å². The van der Waals surface area contributed by atoms with E-state index in [0.29, 0.717) is 0 Å². The molecule has 0 aliphatic rings. The van der Waals surface area contributed by atoms with Crippen LogP contribution in [0.1, 0.15) is 36.1 Å². The molecule has 0 atom stereocenters. The summed E-state index contributed by atoms with van der Waals surface area (Å²) in [6, 6.07) is 13.6. The predicted octanol–water partition coefficient (Wildman–Crippen LogP) is 5.10. The first-order chi connectivity index (χ1) is 8.65. The molecule has 0 unspecified atom stereocenters. The van der Waals surface area contributed by atoms with Gasteiger partial charge in [-0.15, -0.1) is 0 Å². The Hall–Kier alpha value is -1.56. The maximum Gasteiger partial charge on any atom is -0.0123 e. The second-order valence-corrected chi connectivity index (χ2v) is 5.02. The third-order valence-corrected chi connectivity index (χ3v) is 3.57. The Morgan fingerprint density at radius 1 is 0.889 bits per heavy atom. The Balaban J connectivity index is 2.64. The Morgan fingerprint density at radius 2 is 1.67 bits per heavy atom. The lowest BCUT2D eigenvalue weighted by Gasteiger charge is -2.13. The summed E-state index contributed by atoms with van der Waals surface area (Å²) < 4.78 is 0. The minimum Gasteiger partial charge on any atom is -0.0617 e. The summed E-state index contributed by atoms with van der Waals surface area (Å²) in [4.78, 5) is 0. The zero-order valence-corrected chi connectivity index (χ0v) is 11.9. The summed E-state index contributed by atoms with van der Waals surface area (Å²) >= 11 is 0. The molecular weight excluding hydrogens is 216 g/mol. The van der Waals surface area contributed by atoms with Crippen LogP contribution in [0.5, 0.6) is 0 Å². The number of benzene rings is 2. The van der Waals surface area contributed by atoms with Crippen LogP contribution in [0.2, 0.25) is 0 Å². The van der Waals surface area contributed by atoms with Gasteiger partial charge in [-0.2, -0.15) is 0 Å². The van der Waals surface area contributed by atoms with Gasteiger partial charge in [-0.1, -0.05) is 55.8 Å². The van der Waals surface area contributed by atoms with Crippen molar-refractivity contribution in [1.29, 1.82) is 0 Å². The number of hydrogen-bond donors (Lipinski definition) is 0. The summed E-state index contributed by atoms with van der Waals surface area (Å²) in [5.41, 5.74) is 8.41. The Labute approximate surface area is 111 Å². The van der Waals surface area contributed by atoms with Gasteiger partial charge >= 0.3 is 0 Å². The van der Waals surface area contributed by atoms with Crippen LogP contribution in [0.3, 0.4) is 0 Å². The molecule has 0 spiro atoms. The van der Waals surface area contributed by atoms with Crippen LogP contribution in [-0.2, 0) is 12.8 Å². The van der Waals surface area contributed by atoms with Crippen molar-refractivity contribution in [2.75, 3.05) is 0 Å². The SMILES string of the molecule is CCc1cc(C)cc(-c2c(C)cccc2CC)c1. The molecule has 0 aliphatic heterocycles. The lowest BCUT2D eigenvalue weighted by atomic mass is 9.91. The summed E-state index contributed by atoms with van der Waals surface area (Å²) in [6.07, 6.45) is 2.19. The second kappa shape index (κ2) is 5.39. The van der Waals surface area contributed by atoms with E-state index in [9.17, 15) is 0 Å². The first-order valence-corrected chi connectivity index (χ1v) is 6.85. The van der Waals surface area contributed by atoms with Crippen molar-refractivity contribution in [2.45, 2.75) is 40.5 Å². The van der Waals surface area contributed by atoms with Crippen molar-refractivity contribution in [3.8, 4) is 11.1 Å². The van der Waals surface area contributed by atoms with Crippen LogP contribution in [-0.4, -0.2) is 0 Å². The van der Waals surface area contributed by atoms with E-state index in [-0.39, 0.29) is 0 Å². The standard InChI is InChI=1S/C18H22/c1-5-15-10-13(3)11-17(12-15)18-14(4)8-7-9-16(18)6-2/h7-12H,5-6H2,1-4H3. The molecule has 0 heterocycles. The Morgan fingerprint density at radius 3 is 2.33 bits per heavy atom. The highest BCUT2D eigenvalue weighted by atomic mass is 14.1. The molecule has 0 heteroatoms. The number of hydrogen-bond acceptors (Lipinski definition) is 0. The molecule has 18 heavy (non-hydrogen) atoms. The Bertz CT molecular complexity index is 550. The van der Waals surface area contributed by atoms with Gasteiger partial charge in [0.15, 0.2) is 0 Å². The molecule has 0 saturated carbocycles. The zero-order chi connectivity index (χ0) is 13.1. The molecule has 0 fully saturated rings. The van der Waals surface area contributed by atoms with Gasteiger partial charge in [0.1, 0.15) is 0 Å². The first-order valence-electron chi connectivity index (χ1n) is 6.85. The highest BCUT2D eigenvalue weighted by Crippen LogP contribution is 2.29. The maximum absolute atomic E-state index is 2.34. The van der Waals surface area contributed by atoms with E-state index in [2.05, 4.69) is 64.1 Å². The minimum atomic E-state index is 1.09. The Kier molecular flexibility index (Phi) is 3.86. The smallest absolute Gasteiger partial charge is 0.0123 e. The van der Waals surface area contributed by atoms with Crippen molar-refractivity contribution in [3.63, 3.8) is 0 Å². The van der Waals surface area contributed by atoms with Crippen molar-refractivity contribution in [3.05, 3.63) is 58.7 Å². The largest absolute Gasteiger partial charge is 0.0617 e. The van der Waals surface area contributed by atoms with Gasteiger partial charge in [-0.25, -0.2) is 0 Å². The average molecular weight is 238 g/mol. The molecule has 2 rings (SSSR count). The van der Waals surface area contributed by atoms with Crippen molar-refractivity contribution >= 4 is 0 Å². The summed E-state index contributed by atoms with van der Waals surface area (Å²) in [6.45, 7) is 8.85. The van der Waals surface area contributed by atoms with Gasteiger partial charge in [0.25, 0.3) is 0 Å². The van der Waals surface area contributed by atoms with E-state index in [1.165, 1.54) is 33.4 Å². The third kappa shape index (κ3) is 2.48. The van der Waals surface area contributed by atoms with E-state index in [4.69, 9.17) is 0 Å². The monoisotopic (exact) mass is 238 g/mol. The molecule has 0 radical (unpaired) electrons. The quantitative estimate of drug-likeness (QED) is 0.698. The molecule has 0 aromatic heterocycles. The molecule has 2 aromatic carbocycles. The predicted molar refractivity (Wildman–Crippen MR) is 80.1 cm³/mol. The fraction of sp³-hybridized carbons (Fsp3) is 0.333. The van der Waals surface area contributed by atoms with Gasteiger partial charge in [0.05, 0.1) is 0 Å². The van der Waals surface area contributed by atoms with E-state index in [1.807, 2.05) is 0 Å². The van der Waals surface area contributed by atoms with Crippen molar-refractivity contribution in [2.24, 2.45) is 0 Å². The lowest BCUT2D eigenvalue weighted by molar-refractivity contribution is 1.12. The number of rotatable bonds is 3. The summed E-state index contributed by atoms with van der Waals surface area (Å²) in [7, 11) is 0. The fourth-order valence-electron chi connectivity index (χ4n) is 2.65. The van der Waals surface area contributed by atoms with Crippen molar-refractivity contribution in [1.82, 2.24) is 0 Å². The summed E-state index contributed by atoms with van der Waals surface area (Å²) in [5.74, 6) is 0. The molecule has 0 bridgehead atoms. The van der Waals surface area contributed by atoms with Crippen LogP contribution in [0.15, 0.2) is 36.4 Å². The molecule has 0 N–H and O–H groups in total. The maximum atomic E-state index is 2.34. The molecule has 0 amide bonds. The van der Waals surface area contributed by atoms with Crippen LogP contribution in [0, 0.1) is 13.8 Å². The normalized spacial score (nSPS) is 10.7. The first kappa shape index (κ1) is 12.9. The van der Waals surface area contributed by atoms with Gasteiger partial charge in [-0.3, -0.25) is 0 Å². The van der Waals surface area contributed by atoms with Gasteiger partial charge in [0.2, 0.25) is 0 Å². The second-order valence-electron chi connectivity index (χ2n) is 5.02. The number of aryl methyl sites for hydroxylation is 4. The molecule has 94 valence electrons. The third-order valence-electron chi connectivity index (χ3n) is 3.57. The van der Waals surface area contributed by atoms with E-state index in [1.54, 1.807) is 0 Å². The zero-order valence-electron chi connectivity index (χ0n) is 11.9. The van der Waals surface area contributed by atoms with E-state index >= 15 is 0 Å². The van der Waals surface area contributed by atoms with Crippen LogP contribution < -0.4 is 0 Å². The van der Waals surface area contributed by atoms with E-state index < -0.39 is 0 Å². The van der Waals surface area contributed by atoms with Crippen LogP contribution >= 0.6 is 0 Å². The highest BCUT2D eigenvalue weighted by molar-refractivity contribution is 5.72. The minimum absolute atomic E-state index is 1.09. The van der Waals surface area contributed by atoms with E-state index in [0.717, 1.165) is 12.8 Å². The van der Waals surface area contributed by atoms with Gasteiger partial charge < -0.3 is 0 Å². The van der Waals surface area contributed by atoms with Crippen LogP contribution in [0.25, 0.3) is 11.1 Å². The van der Waals surface area contributed by atoms with Gasteiger partial charge in [0, 0.05) is 0 Å². The van der Waals surface area contributed by atoms with Gasteiger partial charge in [-0.05, 0) is 54.5 Å². The fourth-order valence-corrected chi connectivity index (χ4v) is 2.65. The summed E-state index contributed by atoms with van der Waals surface area (Å²) in [5, 5.41) is 0. The molecular formula is C18H22. The molecule has 0 saturated heterocycles. The van der Waals surface area contributed by atoms with Crippen molar-refractivity contribution < 1.29 is 0 Å². The molecule has 0 nitrogen and oxygen atoms in total. The topological polar surface area (TPSA) is 0 Å². The lowest BCUT2D eigenvalue weighted by Crippen LogP contribution is -1.93. The highest BCUT2D eigenvalue weighted by Gasteiger charge is 2.08. The molecule has 0 aliphatic carbocycles.